The van der Waals surface area contributed by atoms with Crippen LogP contribution in [-0.2, 0) is 22.6 Å². The van der Waals surface area contributed by atoms with Gasteiger partial charge in [-0.1, -0.05) is 23.7 Å². The van der Waals surface area contributed by atoms with Crippen molar-refractivity contribution < 1.29 is 19.3 Å². The molecule has 0 radical (unpaired) electrons. The summed E-state index contributed by atoms with van der Waals surface area (Å²) < 4.78 is 16.8. The van der Waals surface area contributed by atoms with E-state index in [1.54, 1.807) is 13.3 Å². The number of hydrogen-bond donors (Lipinski definition) is 1. The number of hydrogen-bond acceptors (Lipinski definition) is 11. The van der Waals surface area contributed by atoms with E-state index in [9.17, 15) is 5.11 Å². The Kier molecular flexibility index (Phi) is 10.0. The van der Waals surface area contributed by atoms with Crippen molar-refractivity contribution in [2.24, 2.45) is 0 Å². The quantitative estimate of drug-likeness (QED) is 0.233. The second-order valence-corrected chi connectivity index (χ2v) is 11.7. The van der Waals surface area contributed by atoms with Crippen LogP contribution < -0.4 is 24.3 Å². The zero-order chi connectivity index (χ0) is 32.0. The molecule has 12 heteroatoms. The normalized spacial score (nSPS) is 15.2. The summed E-state index contributed by atoms with van der Waals surface area (Å²) in [5, 5.41) is 10.1. The lowest BCUT2D eigenvalue weighted by atomic mass is 10.1. The molecule has 2 aromatic carbocycles. The van der Waals surface area contributed by atoms with Gasteiger partial charge in [-0.25, -0.2) is 9.97 Å². The maximum atomic E-state index is 9.83. The summed E-state index contributed by atoms with van der Waals surface area (Å²) in [6, 6.07) is 18.5. The number of aliphatic hydroxyl groups is 1. The molecule has 46 heavy (non-hydrogen) atoms. The number of morpholine rings is 2. The van der Waals surface area contributed by atoms with Gasteiger partial charge in [0.05, 0.1) is 58.1 Å². The summed E-state index contributed by atoms with van der Waals surface area (Å²) in [6.45, 7) is 8.30. The van der Waals surface area contributed by atoms with Gasteiger partial charge in [0.1, 0.15) is 16.7 Å². The van der Waals surface area contributed by atoms with Crippen molar-refractivity contribution in [1.29, 1.82) is 0 Å². The number of aryl methyl sites for hydroxylation is 1. The number of pyridine rings is 1. The van der Waals surface area contributed by atoms with Gasteiger partial charge in [-0.3, -0.25) is 0 Å². The van der Waals surface area contributed by atoms with Crippen LogP contribution in [-0.4, -0.2) is 86.8 Å². The van der Waals surface area contributed by atoms with Crippen molar-refractivity contribution >= 4 is 46.1 Å². The predicted octanol–water partition coefficient (Wildman–Crippen LogP) is 5.11. The Morgan fingerprint density at radius 3 is 2.11 bits per heavy atom. The molecule has 0 amide bonds. The van der Waals surface area contributed by atoms with Crippen molar-refractivity contribution in [3.05, 3.63) is 82.8 Å². The highest BCUT2D eigenvalue weighted by atomic mass is 35.5. The molecule has 4 aromatic rings. The average Bonchev–Trinajstić information content (AvgIpc) is 3.11. The molecular formula is C34H40ClN7O4. The largest absolute Gasteiger partial charge is 0.497 e. The monoisotopic (exact) mass is 645 g/mol. The van der Waals surface area contributed by atoms with E-state index in [0.717, 1.165) is 65.9 Å². The molecule has 2 aliphatic heterocycles. The minimum absolute atomic E-state index is 0.206. The Bertz CT molecular complexity index is 1590. The third-order valence-electron chi connectivity index (χ3n) is 8.41. The lowest BCUT2D eigenvalue weighted by Gasteiger charge is -2.34. The Morgan fingerprint density at radius 2 is 1.52 bits per heavy atom. The maximum absolute atomic E-state index is 9.83. The fraction of sp³-hybridized carbons (Fsp3) is 0.382. The summed E-state index contributed by atoms with van der Waals surface area (Å²) in [6.07, 6.45) is 1.77. The number of halogens is 1. The molecule has 0 unspecified atom stereocenters. The molecule has 242 valence electrons. The van der Waals surface area contributed by atoms with Crippen LogP contribution in [0.25, 0.3) is 0 Å². The number of aliphatic hydroxyl groups excluding tert-OH is 1. The third-order valence-corrected chi connectivity index (χ3v) is 8.74. The molecule has 2 fully saturated rings. The zero-order valence-electron chi connectivity index (χ0n) is 26.5. The molecule has 0 saturated carbocycles. The SMILES string of the molecule is COc1ccc(CN(c2cc(N3CCOCC3)cc(N3CCOCC3)c2)c2nccc(N(C)c3cc(CO)c(Cl)nc3C)n2)cc1. The molecule has 11 nitrogen and oxygen atoms in total. The standard InChI is InChI=1S/C34H40ClN7O4/c1-24-31(18-26(23-43)33(35)37-24)39(2)32-8-9-36-34(38-32)42(22-25-4-6-30(44-3)7-5-25)29-20-27(40-10-14-45-15-11-40)19-28(21-29)41-12-16-46-17-13-41/h4-9,18-21,43H,10-17,22-23H2,1-3H3. The van der Waals surface area contributed by atoms with E-state index in [2.05, 4.69) is 50.0 Å². The maximum Gasteiger partial charge on any atom is 0.232 e. The summed E-state index contributed by atoms with van der Waals surface area (Å²) in [5.41, 5.74) is 6.41. The van der Waals surface area contributed by atoms with E-state index in [1.165, 1.54) is 0 Å². The van der Waals surface area contributed by atoms with Crippen LogP contribution in [0.3, 0.4) is 0 Å². The number of aromatic nitrogens is 3. The van der Waals surface area contributed by atoms with Gasteiger partial charge in [-0.15, -0.1) is 0 Å². The van der Waals surface area contributed by atoms with Crippen LogP contribution in [0.1, 0.15) is 16.8 Å². The number of benzene rings is 2. The first-order valence-electron chi connectivity index (χ1n) is 15.5. The van der Waals surface area contributed by atoms with Gasteiger partial charge in [0.2, 0.25) is 5.95 Å². The van der Waals surface area contributed by atoms with Crippen molar-refractivity contribution in [2.75, 3.05) is 86.4 Å². The highest BCUT2D eigenvalue weighted by Crippen LogP contribution is 2.36. The van der Waals surface area contributed by atoms with Crippen LogP contribution in [0.2, 0.25) is 5.15 Å². The minimum atomic E-state index is -0.206. The summed E-state index contributed by atoms with van der Waals surface area (Å²) >= 11 is 6.27. The molecular weight excluding hydrogens is 606 g/mol. The molecule has 1 N–H and O–H groups in total. The fourth-order valence-corrected chi connectivity index (χ4v) is 6.01. The topological polar surface area (TPSA) is 99.5 Å². The molecule has 2 saturated heterocycles. The van der Waals surface area contributed by atoms with E-state index < -0.39 is 0 Å². The van der Waals surface area contributed by atoms with E-state index in [-0.39, 0.29) is 6.61 Å². The van der Waals surface area contributed by atoms with Gasteiger partial charge in [0.15, 0.2) is 0 Å². The van der Waals surface area contributed by atoms with Crippen molar-refractivity contribution in [3.8, 4) is 5.75 Å². The van der Waals surface area contributed by atoms with Crippen molar-refractivity contribution in [2.45, 2.75) is 20.1 Å². The Hall–Kier alpha value is -4.16. The Labute approximate surface area is 274 Å². The van der Waals surface area contributed by atoms with Crippen LogP contribution in [0.15, 0.2) is 60.8 Å². The highest BCUT2D eigenvalue weighted by molar-refractivity contribution is 6.30. The first kappa shape index (κ1) is 31.8. The molecule has 2 aliphatic rings. The molecule has 4 heterocycles. The average molecular weight is 646 g/mol. The summed E-state index contributed by atoms with van der Waals surface area (Å²) in [5.74, 6) is 2.03. The lowest BCUT2D eigenvalue weighted by molar-refractivity contribution is 0.122. The molecule has 0 atom stereocenters. The summed E-state index contributed by atoms with van der Waals surface area (Å²) in [4.78, 5) is 23.2. The highest BCUT2D eigenvalue weighted by Gasteiger charge is 2.22. The van der Waals surface area contributed by atoms with Crippen LogP contribution in [0.4, 0.5) is 34.5 Å². The number of nitrogens with zero attached hydrogens (tertiary/aromatic N) is 7. The van der Waals surface area contributed by atoms with Crippen LogP contribution >= 0.6 is 11.6 Å². The molecule has 0 spiro atoms. The second-order valence-electron chi connectivity index (χ2n) is 11.3. The van der Waals surface area contributed by atoms with Gasteiger partial charge < -0.3 is 38.9 Å². The van der Waals surface area contributed by atoms with Crippen molar-refractivity contribution in [1.82, 2.24) is 15.0 Å². The lowest BCUT2D eigenvalue weighted by Crippen LogP contribution is -2.38. The number of ether oxygens (including phenoxy) is 3. The van der Waals surface area contributed by atoms with Gasteiger partial charge in [0, 0.05) is 62.0 Å². The fourth-order valence-electron chi connectivity index (χ4n) is 5.77. The molecule has 0 bridgehead atoms. The number of anilines is 6. The Balaban J connectivity index is 1.44. The van der Waals surface area contributed by atoms with E-state index in [4.69, 9.17) is 35.8 Å². The molecule has 0 aliphatic carbocycles. The zero-order valence-corrected chi connectivity index (χ0v) is 27.3. The Morgan fingerprint density at radius 1 is 0.891 bits per heavy atom. The smallest absolute Gasteiger partial charge is 0.232 e. The van der Waals surface area contributed by atoms with Crippen LogP contribution in [0.5, 0.6) is 5.75 Å². The van der Waals surface area contributed by atoms with E-state index in [0.29, 0.717) is 55.5 Å². The minimum Gasteiger partial charge on any atom is -0.497 e. The van der Waals surface area contributed by atoms with E-state index >= 15 is 0 Å². The first-order chi connectivity index (χ1) is 22.4. The predicted molar refractivity (Wildman–Crippen MR) is 181 cm³/mol. The first-order valence-corrected chi connectivity index (χ1v) is 15.9. The molecule has 6 rings (SSSR count). The van der Waals surface area contributed by atoms with Gasteiger partial charge >= 0.3 is 0 Å². The second kappa shape index (κ2) is 14.5. The summed E-state index contributed by atoms with van der Waals surface area (Å²) in [7, 11) is 3.59. The third kappa shape index (κ3) is 7.13. The van der Waals surface area contributed by atoms with Gasteiger partial charge in [-0.2, -0.15) is 4.98 Å². The van der Waals surface area contributed by atoms with E-state index in [1.807, 2.05) is 43.1 Å². The van der Waals surface area contributed by atoms with Gasteiger partial charge in [0.25, 0.3) is 0 Å². The number of rotatable bonds is 10. The molecule has 2 aromatic heterocycles. The number of methoxy groups -OCH3 is 1. The van der Waals surface area contributed by atoms with Crippen LogP contribution in [0, 0.1) is 6.92 Å². The van der Waals surface area contributed by atoms with Crippen molar-refractivity contribution in [3.63, 3.8) is 0 Å². The van der Waals surface area contributed by atoms with Gasteiger partial charge in [-0.05, 0) is 55.0 Å².